The Morgan fingerprint density at radius 1 is 1.39 bits per heavy atom. The Balaban J connectivity index is 2.17. The maximum atomic E-state index is 11.9. The Morgan fingerprint density at radius 2 is 2.11 bits per heavy atom. The molecule has 0 aromatic carbocycles. The number of halogens is 3. The molecule has 0 aromatic rings. The average Bonchev–Trinajstić information content (AvgIpc) is 2.27. The van der Waals surface area contributed by atoms with E-state index in [0.29, 0.717) is 24.9 Å². The zero-order valence-corrected chi connectivity index (χ0v) is 10.9. The zero-order valence-electron chi connectivity index (χ0n) is 10.9. The highest BCUT2D eigenvalue weighted by Gasteiger charge is 2.28. The van der Waals surface area contributed by atoms with Crippen LogP contribution in [-0.2, 0) is 4.74 Å². The van der Waals surface area contributed by atoms with Gasteiger partial charge in [-0.25, -0.2) is 0 Å². The van der Waals surface area contributed by atoms with E-state index in [-0.39, 0.29) is 6.61 Å². The fraction of sp³-hybridized carbons (Fsp3) is 1.00. The summed E-state index contributed by atoms with van der Waals surface area (Å²) in [5.74, 6) is 0.569. The molecule has 108 valence electrons. The predicted octanol–water partition coefficient (Wildman–Crippen LogP) is 2.01. The van der Waals surface area contributed by atoms with Crippen LogP contribution >= 0.6 is 0 Å². The van der Waals surface area contributed by atoms with Crippen LogP contribution in [0.2, 0.25) is 0 Å². The van der Waals surface area contributed by atoms with E-state index in [1.54, 1.807) is 0 Å². The maximum absolute atomic E-state index is 11.9. The molecule has 1 aliphatic rings. The lowest BCUT2D eigenvalue weighted by molar-refractivity contribution is -0.174. The Bertz CT molecular complexity index is 236. The minimum Gasteiger partial charge on any atom is -0.372 e. The first-order valence-electron chi connectivity index (χ1n) is 6.52. The predicted molar refractivity (Wildman–Crippen MR) is 64.3 cm³/mol. The lowest BCUT2D eigenvalue weighted by Gasteiger charge is -2.39. The molecular weight excluding hydrogens is 245 g/mol. The van der Waals surface area contributed by atoms with Crippen LogP contribution < -0.4 is 5.73 Å². The first kappa shape index (κ1) is 15.7. The van der Waals surface area contributed by atoms with Crippen LogP contribution in [0.25, 0.3) is 0 Å². The van der Waals surface area contributed by atoms with Gasteiger partial charge in [0.15, 0.2) is 0 Å². The molecule has 0 bridgehead atoms. The highest BCUT2D eigenvalue weighted by molar-refractivity contribution is 4.82. The van der Waals surface area contributed by atoms with E-state index in [4.69, 9.17) is 5.73 Å². The molecule has 0 saturated carbocycles. The number of nitrogens with zero attached hydrogens (tertiary/aromatic N) is 1. The van der Waals surface area contributed by atoms with Crippen LogP contribution in [0.4, 0.5) is 13.2 Å². The van der Waals surface area contributed by atoms with Crippen molar-refractivity contribution in [2.24, 2.45) is 11.7 Å². The van der Waals surface area contributed by atoms with E-state index >= 15 is 0 Å². The monoisotopic (exact) mass is 268 g/mol. The zero-order chi connectivity index (χ0) is 13.6. The minimum atomic E-state index is -4.22. The van der Waals surface area contributed by atoms with E-state index in [1.165, 1.54) is 6.42 Å². The maximum Gasteiger partial charge on any atom is 0.411 e. The second-order valence-electron chi connectivity index (χ2n) is 4.98. The fourth-order valence-electron chi connectivity index (χ4n) is 2.55. The molecule has 0 radical (unpaired) electrons. The summed E-state index contributed by atoms with van der Waals surface area (Å²) in [4.78, 5) is 2.28. The summed E-state index contributed by atoms with van der Waals surface area (Å²) in [6.45, 7) is 3.56. The standard InChI is InChI=1S/C12H23F3N2O/c1-10-4-2-5-17(11(10)8-16)6-3-7-18-9-12(13,14)15/h10-11H,2-9,16H2,1H3. The lowest BCUT2D eigenvalue weighted by Crippen LogP contribution is -2.49. The van der Waals surface area contributed by atoms with Crippen molar-refractivity contribution in [2.45, 2.75) is 38.4 Å². The number of piperidine rings is 1. The number of hydrogen-bond donors (Lipinski definition) is 1. The summed E-state index contributed by atoms with van der Waals surface area (Å²) >= 11 is 0. The molecule has 2 atom stereocenters. The van der Waals surface area contributed by atoms with Crippen molar-refractivity contribution >= 4 is 0 Å². The molecule has 1 saturated heterocycles. The molecule has 0 aromatic heterocycles. The molecule has 0 amide bonds. The number of likely N-dealkylation sites (tertiary alicyclic amines) is 1. The topological polar surface area (TPSA) is 38.5 Å². The molecular formula is C12H23F3N2O. The van der Waals surface area contributed by atoms with Crippen molar-refractivity contribution in [2.75, 3.05) is 32.8 Å². The molecule has 1 aliphatic heterocycles. The SMILES string of the molecule is CC1CCCN(CCCOCC(F)(F)F)C1CN. The number of hydrogen-bond acceptors (Lipinski definition) is 3. The summed E-state index contributed by atoms with van der Waals surface area (Å²) in [7, 11) is 0. The van der Waals surface area contributed by atoms with Crippen LogP contribution in [0.15, 0.2) is 0 Å². The Hall–Kier alpha value is -0.330. The van der Waals surface area contributed by atoms with E-state index in [2.05, 4.69) is 16.6 Å². The Labute approximate surface area is 106 Å². The second-order valence-corrected chi connectivity index (χ2v) is 4.98. The van der Waals surface area contributed by atoms with Gasteiger partial charge in [0.2, 0.25) is 0 Å². The van der Waals surface area contributed by atoms with Crippen molar-refractivity contribution in [3.8, 4) is 0 Å². The third-order valence-electron chi connectivity index (χ3n) is 3.47. The summed E-state index contributed by atoms with van der Waals surface area (Å²) in [5, 5.41) is 0. The first-order chi connectivity index (χ1) is 8.44. The van der Waals surface area contributed by atoms with Gasteiger partial charge < -0.3 is 10.5 Å². The molecule has 3 nitrogen and oxygen atoms in total. The van der Waals surface area contributed by atoms with E-state index in [1.807, 2.05) is 0 Å². The largest absolute Gasteiger partial charge is 0.411 e. The van der Waals surface area contributed by atoms with Crippen LogP contribution in [-0.4, -0.2) is 50.0 Å². The number of alkyl halides is 3. The first-order valence-corrected chi connectivity index (χ1v) is 6.52. The van der Waals surface area contributed by atoms with Gasteiger partial charge in [-0.1, -0.05) is 6.92 Å². The van der Waals surface area contributed by atoms with Gasteiger partial charge >= 0.3 is 6.18 Å². The van der Waals surface area contributed by atoms with E-state index in [9.17, 15) is 13.2 Å². The smallest absolute Gasteiger partial charge is 0.372 e. The number of rotatable bonds is 6. The molecule has 0 spiro atoms. The number of nitrogens with two attached hydrogens (primary N) is 1. The molecule has 1 fully saturated rings. The van der Waals surface area contributed by atoms with Gasteiger partial charge in [-0.3, -0.25) is 4.90 Å². The lowest BCUT2D eigenvalue weighted by atomic mass is 9.91. The van der Waals surface area contributed by atoms with Gasteiger partial charge in [0.1, 0.15) is 6.61 Å². The minimum absolute atomic E-state index is 0.154. The van der Waals surface area contributed by atoms with Gasteiger partial charge in [0.05, 0.1) is 0 Å². The summed E-state index contributed by atoms with van der Waals surface area (Å²) in [6.07, 6.45) is -1.28. The normalized spacial score (nSPS) is 26.5. The van der Waals surface area contributed by atoms with Crippen molar-refractivity contribution in [3.05, 3.63) is 0 Å². The Morgan fingerprint density at radius 3 is 2.72 bits per heavy atom. The van der Waals surface area contributed by atoms with Crippen LogP contribution in [0.5, 0.6) is 0 Å². The molecule has 18 heavy (non-hydrogen) atoms. The Kier molecular flexibility index (Phi) is 6.38. The third-order valence-corrected chi connectivity index (χ3v) is 3.47. The van der Waals surface area contributed by atoms with Gasteiger partial charge in [-0.2, -0.15) is 13.2 Å². The van der Waals surface area contributed by atoms with Gasteiger partial charge in [0.25, 0.3) is 0 Å². The van der Waals surface area contributed by atoms with Gasteiger partial charge in [-0.05, 0) is 31.7 Å². The van der Waals surface area contributed by atoms with Crippen molar-refractivity contribution in [1.82, 2.24) is 4.90 Å². The molecule has 2 N–H and O–H groups in total. The number of ether oxygens (including phenoxy) is 1. The van der Waals surface area contributed by atoms with Crippen LogP contribution in [0.1, 0.15) is 26.2 Å². The van der Waals surface area contributed by atoms with E-state index in [0.717, 1.165) is 19.5 Å². The third kappa shape index (κ3) is 5.54. The molecule has 0 aliphatic carbocycles. The van der Waals surface area contributed by atoms with Gasteiger partial charge in [0, 0.05) is 25.7 Å². The quantitative estimate of drug-likeness (QED) is 0.749. The summed E-state index contributed by atoms with van der Waals surface area (Å²) in [5.41, 5.74) is 5.75. The average molecular weight is 268 g/mol. The summed E-state index contributed by atoms with van der Waals surface area (Å²) in [6, 6.07) is 0.362. The van der Waals surface area contributed by atoms with Crippen LogP contribution in [0, 0.1) is 5.92 Å². The highest BCUT2D eigenvalue weighted by Crippen LogP contribution is 2.22. The van der Waals surface area contributed by atoms with Crippen molar-refractivity contribution in [3.63, 3.8) is 0 Å². The second kappa shape index (κ2) is 7.31. The van der Waals surface area contributed by atoms with Gasteiger partial charge in [-0.15, -0.1) is 0 Å². The van der Waals surface area contributed by atoms with Crippen molar-refractivity contribution < 1.29 is 17.9 Å². The van der Waals surface area contributed by atoms with E-state index < -0.39 is 12.8 Å². The fourth-order valence-corrected chi connectivity index (χ4v) is 2.55. The van der Waals surface area contributed by atoms with Crippen LogP contribution in [0.3, 0.4) is 0 Å². The molecule has 1 heterocycles. The molecule has 1 rings (SSSR count). The molecule has 2 unspecified atom stereocenters. The van der Waals surface area contributed by atoms with Crippen molar-refractivity contribution in [1.29, 1.82) is 0 Å². The highest BCUT2D eigenvalue weighted by atomic mass is 19.4. The summed E-state index contributed by atoms with van der Waals surface area (Å²) < 4.78 is 40.2. The molecule has 6 heteroatoms.